The van der Waals surface area contributed by atoms with Crippen LogP contribution in [0.1, 0.15) is 12.0 Å². The minimum absolute atomic E-state index is 0.287. The molecule has 5 heteroatoms. The number of nitrogens with zero attached hydrogens (tertiary/aromatic N) is 1. The Morgan fingerprint density at radius 3 is 3.00 bits per heavy atom. The van der Waals surface area contributed by atoms with Crippen LogP contribution >= 0.6 is 0 Å². The molecule has 0 saturated carbocycles. The van der Waals surface area contributed by atoms with Crippen molar-refractivity contribution in [3.8, 4) is 18.4 Å². The molecule has 1 aromatic carbocycles. The van der Waals surface area contributed by atoms with E-state index in [1.807, 2.05) is 6.07 Å². The molecule has 1 aliphatic heterocycles. The Balaban J connectivity index is 2.41. The smallest absolute Gasteiger partial charge is 0.262 e. The molecule has 0 aromatic heterocycles. The molecule has 1 aliphatic rings. The second-order valence-electron chi connectivity index (χ2n) is 3.97. The molecule has 2 rings (SSSR count). The Morgan fingerprint density at radius 2 is 2.33 bits per heavy atom. The molecule has 0 aliphatic carbocycles. The summed E-state index contributed by atoms with van der Waals surface area (Å²) in [4.78, 5) is 11.7. The van der Waals surface area contributed by atoms with Crippen molar-refractivity contribution in [2.24, 2.45) is 0 Å². The van der Waals surface area contributed by atoms with Gasteiger partial charge in [-0.15, -0.1) is 6.42 Å². The van der Waals surface area contributed by atoms with E-state index in [2.05, 4.69) is 16.6 Å². The van der Waals surface area contributed by atoms with Gasteiger partial charge in [-0.25, -0.2) is 0 Å². The Hall–Kier alpha value is -2.50. The van der Waals surface area contributed by atoms with Crippen molar-refractivity contribution >= 4 is 17.3 Å². The third kappa shape index (κ3) is 1.77. The molecule has 1 unspecified atom stereocenters. The van der Waals surface area contributed by atoms with Crippen LogP contribution in [0, 0.1) is 23.7 Å². The van der Waals surface area contributed by atoms with Gasteiger partial charge >= 0.3 is 0 Å². The quantitative estimate of drug-likeness (QED) is 0.683. The predicted octanol–water partition coefficient (Wildman–Crippen LogP) is 0.785. The molecular formula is C13H11N3O2. The number of carbonyl (C=O) groups is 1. The van der Waals surface area contributed by atoms with Crippen LogP contribution < -0.4 is 10.6 Å². The average Bonchev–Trinajstić information content (AvgIpc) is 2.60. The topological polar surface area (TPSA) is 85.2 Å². The van der Waals surface area contributed by atoms with Gasteiger partial charge in [-0.05, 0) is 18.2 Å². The lowest BCUT2D eigenvalue weighted by molar-refractivity contribution is -0.133. The van der Waals surface area contributed by atoms with Gasteiger partial charge in [0.25, 0.3) is 5.91 Å². The zero-order valence-electron chi connectivity index (χ0n) is 9.53. The van der Waals surface area contributed by atoms with Crippen molar-refractivity contribution in [1.29, 1.82) is 5.26 Å². The highest BCUT2D eigenvalue weighted by molar-refractivity contribution is 6.05. The van der Waals surface area contributed by atoms with Gasteiger partial charge in [0.05, 0.1) is 19.0 Å². The van der Waals surface area contributed by atoms with Crippen LogP contribution in [-0.2, 0) is 10.4 Å². The predicted molar refractivity (Wildman–Crippen MR) is 66.5 cm³/mol. The Labute approximate surface area is 104 Å². The maximum absolute atomic E-state index is 11.7. The number of carbonyl (C=O) groups excluding carboxylic acids is 1. The normalized spacial score (nSPS) is 20.5. The zero-order chi connectivity index (χ0) is 13.2. The number of amides is 1. The maximum Gasteiger partial charge on any atom is 0.262 e. The van der Waals surface area contributed by atoms with Gasteiger partial charge in [0.1, 0.15) is 0 Å². The standard InChI is InChI=1S/C13H11N3O2/c1-2-7-15-9-3-4-11-10(8-9)13(18,5-6-14)12(17)16-11/h1,3-4,8,15,18H,5,7H2,(H,16,17). The van der Waals surface area contributed by atoms with Gasteiger partial charge in [-0.2, -0.15) is 5.26 Å². The molecule has 1 heterocycles. The summed E-state index contributed by atoms with van der Waals surface area (Å²) in [5.74, 6) is 1.85. The monoisotopic (exact) mass is 241 g/mol. The Kier molecular flexibility index (Phi) is 2.93. The van der Waals surface area contributed by atoms with E-state index in [1.54, 1.807) is 18.2 Å². The number of terminal acetylenes is 1. The van der Waals surface area contributed by atoms with Crippen molar-refractivity contribution in [2.75, 3.05) is 17.2 Å². The lowest BCUT2D eigenvalue weighted by Gasteiger charge is -2.17. The lowest BCUT2D eigenvalue weighted by Crippen LogP contribution is -2.33. The number of benzene rings is 1. The van der Waals surface area contributed by atoms with Crippen molar-refractivity contribution in [1.82, 2.24) is 0 Å². The van der Waals surface area contributed by atoms with E-state index in [0.29, 0.717) is 23.5 Å². The van der Waals surface area contributed by atoms with Crippen LogP contribution in [0.25, 0.3) is 0 Å². The summed E-state index contributed by atoms with van der Waals surface area (Å²) in [7, 11) is 0. The van der Waals surface area contributed by atoms with Gasteiger partial charge < -0.3 is 15.7 Å². The summed E-state index contributed by atoms with van der Waals surface area (Å²) in [5, 5.41) is 24.5. The first-order valence-corrected chi connectivity index (χ1v) is 5.34. The number of rotatable bonds is 3. The first-order chi connectivity index (χ1) is 8.61. The molecule has 18 heavy (non-hydrogen) atoms. The van der Waals surface area contributed by atoms with Crippen LogP contribution in [0.4, 0.5) is 11.4 Å². The van der Waals surface area contributed by atoms with Gasteiger partial charge in [0, 0.05) is 16.9 Å². The van der Waals surface area contributed by atoms with E-state index in [-0.39, 0.29) is 6.42 Å². The number of nitrogens with one attached hydrogen (secondary N) is 2. The van der Waals surface area contributed by atoms with Crippen molar-refractivity contribution in [2.45, 2.75) is 12.0 Å². The molecule has 3 N–H and O–H groups in total. The molecule has 0 radical (unpaired) electrons. The highest BCUT2D eigenvalue weighted by Gasteiger charge is 2.45. The number of hydrogen-bond donors (Lipinski definition) is 3. The number of aliphatic hydroxyl groups is 1. The molecule has 0 bridgehead atoms. The van der Waals surface area contributed by atoms with E-state index >= 15 is 0 Å². The highest BCUT2D eigenvalue weighted by Crippen LogP contribution is 2.39. The third-order valence-electron chi connectivity index (χ3n) is 2.82. The summed E-state index contributed by atoms with van der Waals surface area (Å²) in [5.41, 5.74) is -0.169. The minimum Gasteiger partial charge on any atom is -0.374 e. The van der Waals surface area contributed by atoms with Crippen LogP contribution in [0.5, 0.6) is 0 Å². The summed E-state index contributed by atoms with van der Waals surface area (Å²) in [6, 6.07) is 6.86. The number of anilines is 2. The van der Waals surface area contributed by atoms with Gasteiger partial charge in [0.2, 0.25) is 0 Å². The van der Waals surface area contributed by atoms with E-state index < -0.39 is 11.5 Å². The van der Waals surface area contributed by atoms with Crippen LogP contribution in [-0.4, -0.2) is 17.6 Å². The molecule has 90 valence electrons. The van der Waals surface area contributed by atoms with Crippen LogP contribution in [0.15, 0.2) is 18.2 Å². The van der Waals surface area contributed by atoms with Crippen molar-refractivity contribution in [3.05, 3.63) is 23.8 Å². The molecule has 0 spiro atoms. The van der Waals surface area contributed by atoms with Gasteiger partial charge in [-0.1, -0.05) is 5.92 Å². The molecule has 5 nitrogen and oxygen atoms in total. The molecular weight excluding hydrogens is 230 g/mol. The minimum atomic E-state index is -1.78. The number of nitriles is 1. The molecule has 1 amide bonds. The Morgan fingerprint density at radius 1 is 1.56 bits per heavy atom. The van der Waals surface area contributed by atoms with E-state index in [9.17, 15) is 9.90 Å². The number of hydrogen-bond acceptors (Lipinski definition) is 4. The van der Waals surface area contributed by atoms with Gasteiger partial charge in [0.15, 0.2) is 5.60 Å². The summed E-state index contributed by atoms with van der Waals surface area (Å²) in [6.07, 6.45) is 4.85. The molecule has 0 saturated heterocycles. The summed E-state index contributed by atoms with van der Waals surface area (Å²) >= 11 is 0. The molecule has 0 fully saturated rings. The Bertz CT molecular complexity index is 583. The average molecular weight is 241 g/mol. The maximum atomic E-state index is 11.7. The molecule has 1 aromatic rings. The van der Waals surface area contributed by atoms with E-state index in [1.165, 1.54) is 0 Å². The van der Waals surface area contributed by atoms with E-state index in [4.69, 9.17) is 11.7 Å². The highest BCUT2D eigenvalue weighted by atomic mass is 16.3. The first kappa shape index (κ1) is 12.0. The number of fused-ring (bicyclic) bond motifs is 1. The third-order valence-corrected chi connectivity index (χ3v) is 2.82. The summed E-state index contributed by atoms with van der Waals surface area (Å²) in [6.45, 7) is 0.344. The second kappa shape index (κ2) is 4.40. The first-order valence-electron chi connectivity index (χ1n) is 5.34. The second-order valence-corrected chi connectivity index (χ2v) is 3.97. The van der Waals surface area contributed by atoms with Crippen molar-refractivity contribution < 1.29 is 9.90 Å². The largest absolute Gasteiger partial charge is 0.374 e. The van der Waals surface area contributed by atoms with Crippen LogP contribution in [0.2, 0.25) is 0 Å². The fourth-order valence-corrected chi connectivity index (χ4v) is 1.90. The zero-order valence-corrected chi connectivity index (χ0v) is 9.53. The SMILES string of the molecule is C#CCNc1ccc2c(c1)C(O)(CC#N)C(=O)N2. The van der Waals surface area contributed by atoms with Crippen LogP contribution in [0.3, 0.4) is 0 Å². The van der Waals surface area contributed by atoms with Crippen molar-refractivity contribution in [3.63, 3.8) is 0 Å². The fraction of sp³-hybridized carbons (Fsp3) is 0.231. The summed E-state index contributed by atoms with van der Waals surface area (Å²) < 4.78 is 0. The van der Waals surface area contributed by atoms with Gasteiger partial charge in [-0.3, -0.25) is 4.79 Å². The lowest BCUT2D eigenvalue weighted by atomic mass is 9.92. The molecule has 1 atom stereocenters. The van der Waals surface area contributed by atoms with E-state index in [0.717, 1.165) is 0 Å². The fourth-order valence-electron chi connectivity index (χ4n) is 1.90.